The van der Waals surface area contributed by atoms with E-state index in [1.807, 2.05) is 0 Å². The molecule has 0 radical (unpaired) electrons. The van der Waals surface area contributed by atoms with Crippen molar-refractivity contribution >= 4 is 42.4 Å². The summed E-state index contributed by atoms with van der Waals surface area (Å²) in [6.07, 6.45) is 1.28. The number of hydrogen-bond donors (Lipinski definition) is 0. The molecule has 0 amide bonds. The lowest BCUT2D eigenvalue weighted by atomic mass is 10.2. The van der Waals surface area contributed by atoms with Crippen molar-refractivity contribution in [2.45, 2.75) is 0 Å². The number of sulfone groups is 1. The molecular weight excluding hydrogens is 302 g/mol. The summed E-state index contributed by atoms with van der Waals surface area (Å²) in [5.41, 5.74) is 0.533. The normalized spacial score (nSPS) is 18.5. The number of halogens is 2. The molecule has 1 heterocycles. The summed E-state index contributed by atoms with van der Waals surface area (Å²) < 4.78 is 23.5. The summed E-state index contributed by atoms with van der Waals surface area (Å²) in [6.45, 7) is 0. The summed E-state index contributed by atoms with van der Waals surface area (Å²) >= 11 is 8.65. The van der Waals surface area contributed by atoms with Gasteiger partial charge < -0.3 is 0 Å². The van der Waals surface area contributed by atoms with Gasteiger partial charge in [0.2, 0.25) is 9.84 Å². The predicted molar refractivity (Wildman–Crippen MR) is 63.9 cm³/mol. The maximum atomic E-state index is 11.7. The fourth-order valence-corrected chi connectivity index (χ4v) is 2.87. The van der Waals surface area contributed by atoms with Gasteiger partial charge in [0.1, 0.15) is 3.81 Å². The van der Waals surface area contributed by atoms with Gasteiger partial charge in [-0.3, -0.25) is 0 Å². The van der Waals surface area contributed by atoms with E-state index >= 15 is 0 Å². The van der Waals surface area contributed by atoms with Crippen molar-refractivity contribution in [1.29, 1.82) is 0 Å². The van der Waals surface area contributed by atoms with Gasteiger partial charge in [-0.15, -0.1) is 0 Å². The molecular formula is C9H5BrClNO2S. The molecule has 0 N–H and O–H groups in total. The van der Waals surface area contributed by atoms with Crippen LogP contribution < -0.4 is 0 Å². The van der Waals surface area contributed by atoms with Gasteiger partial charge in [0.15, 0.2) is 5.04 Å². The van der Waals surface area contributed by atoms with Crippen molar-refractivity contribution in [1.82, 2.24) is 0 Å². The Bertz CT molecular complexity index is 560. The number of rotatable bonds is 1. The Morgan fingerprint density at radius 3 is 2.27 bits per heavy atom. The Morgan fingerprint density at radius 2 is 1.80 bits per heavy atom. The van der Waals surface area contributed by atoms with E-state index in [9.17, 15) is 8.42 Å². The van der Waals surface area contributed by atoms with Crippen molar-refractivity contribution in [2.24, 2.45) is 4.99 Å². The zero-order valence-corrected chi connectivity index (χ0v) is 10.5. The average Bonchev–Trinajstić information content (AvgIpc) is 2.44. The van der Waals surface area contributed by atoms with E-state index in [0.29, 0.717) is 10.6 Å². The Morgan fingerprint density at radius 1 is 1.20 bits per heavy atom. The highest BCUT2D eigenvalue weighted by molar-refractivity contribution is 9.14. The lowest BCUT2D eigenvalue weighted by molar-refractivity contribution is 0.615. The topological polar surface area (TPSA) is 46.5 Å². The molecule has 2 rings (SSSR count). The van der Waals surface area contributed by atoms with E-state index in [2.05, 4.69) is 20.9 Å². The van der Waals surface area contributed by atoms with Gasteiger partial charge in [-0.2, -0.15) is 0 Å². The Balaban J connectivity index is 2.49. The monoisotopic (exact) mass is 305 g/mol. The van der Waals surface area contributed by atoms with Crippen molar-refractivity contribution in [3.05, 3.63) is 44.9 Å². The Kier molecular flexibility index (Phi) is 2.70. The van der Waals surface area contributed by atoms with Crippen LogP contribution in [0.25, 0.3) is 0 Å². The van der Waals surface area contributed by atoms with Gasteiger partial charge in [-0.05, 0) is 28.1 Å². The first kappa shape index (κ1) is 10.9. The van der Waals surface area contributed by atoms with Crippen LogP contribution in [0.2, 0.25) is 5.02 Å². The SMILES string of the molecule is O=S1(=O)C(Br)=CN=C1c1ccc(Cl)cc1. The van der Waals surface area contributed by atoms with Crippen LogP contribution in [0.5, 0.6) is 0 Å². The molecule has 0 unspecified atom stereocenters. The zero-order valence-electron chi connectivity index (χ0n) is 7.31. The number of hydrogen-bond acceptors (Lipinski definition) is 3. The standard InChI is InChI=1S/C9H5BrClNO2S/c10-8-5-12-9(15(8,13)14)6-1-3-7(11)4-2-6/h1-5H. The molecule has 1 aliphatic heterocycles. The first-order valence-corrected chi connectivity index (χ1v) is 6.62. The van der Waals surface area contributed by atoms with Crippen LogP contribution in [-0.2, 0) is 9.84 Å². The summed E-state index contributed by atoms with van der Waals surface area (Å²) in [5.74, 6) is 0. The van der Waals surface area contributed by atoms with Crippen LogP contribution >= 0.6 is 27.5 Å². The van der Waals surface area contributed by atoms with E-state index in [1.165, 1.54) is 6.20 Å². The van der Waals surface area contributed by atoms with Crippen LogP contribution in [0, 0.1) is 0 Å². The summed E-state index contributed by atoms with van der Waals surface area (Å²) in [6, 6.07) is 6.50. The smallest absolute Gasteiger partial charge is 0.232 e. The highest BCUT2D eigenvalue weighted by atomic mass is 79.9. The third kappa shape index (κ3) is 1.87. The molecule has 0 bridgehead atoms. The number of aliphatic imine (C=N–C) groups is 1. The lowest BCUT2D eigenvalue weighted by Crippen LogP contribution is -2.11. The highest BCUT2D eigenvalue weighted by Crippen LogP contribution is 2.26. The quantitative estimate of drug-likeness (QED) is 0.801. The first-order valence-electron chi connectivity index (χ1n) is 3.96. The van der Waals surface area contributed by atoms with Crippen LogP contribution in [0.3, 0.4) is 0 Å². The molecule has 0 saturated carbocycles. The van der Waals surface area contributed by atoms with Gasteiger partial charge in [-0.1, -0.05) is 23.7 Å². The molecule has 0 spiro atoms. The van der Waals surface area contributed by atoms with E-state index in [4.69, 9.17) is 11.6 Å². The predicted octanol–water partition coefficient (Wildman–Crippen LogP) is 2.71. The fraction of sp³-hybridized carbons (Fsp3) is 0. The van der Waals surface area contributed by atoms with Crippen LogP contribution in [0.15, 0.2) is 39.3 Å². The minimum absolute atomic E-state index is 0.0473. The van der Waals surface area contributed by atoms with Gasteiger partial charge in [-0.25, -0.2) is 13.4 Å². The number of benzene rings is 1. The molecule has 1 aliphatic rings. The molecule has 6 heteroatoms. The molecule has 0 aromatic heterocycles. The molecule has 0 saturated heterocycles. The van der Waals surface area contributed by atoms with E-state index in [0.717, 1.165) is 0 Å². The molecule has 15 heavy (non-hydrogen) atoms. The molecule has 0 fully saturated rings. The van der Waals surface area contributed by atoms with Gasteiger partial charge in [0.25, 0.3) is 0 Å². The van der Waals surface area contributed by atoms with E-state index < -0.39 is 9.84 Å². The van der Waals surface area contributed by atoms with Gasteiger partial charge >= 0.3 is 0 Å². The maximum absolute atomic E-state index is 11.7. The third-order valence-corrected chi connectivity index (χ3v) is 5.09. The molecule has 0 atom stereocenters. The van der Waals surface area contributed by atoms with Crippen LogP contribution in [0.4, 0.5) is 0 Å². The van der Waals surface area contributed by atoms with Crippen molar-refractivity contribution < 1.29 is 8.42 Å². The van der Waals surface area contributed by atoms with E-state index in [-0.39, 0.29) is 8.86 Å². The van der Waals surface area contributed by atoms with E-state index in [1.54, 1.807) is 24.3 Å². The second-order valence-electron chi connectivity index (χ2n) is 2.88. The van der Waals surface area contributed by atoms with Crippen LogP contribution in [-0.4, -0.2) is 13.5 Å². The maximum Gasteiger partial charge on any atom is 0.232 e. The molecule has 1 aromatic carbocycles. The molecule has 3 nitrogen and oxygen atoms in total. The van der Waals surface area contributed by atoms with Gasteiger partial charge in [0.05, 0.1) is 6.20 Å². The first-order chi connectivity index (χ1) is 7.01. The molecule has 78 valence electrons. The average molecular weight is 307 g/mol. The van der Waals surface area contributed by atoms with Crippen molar-refractivity contribution in [3.63, 3.8) is 0 Å². The Hall–Kier alpha value is -0.650. The third-order valence-electron chi connectivity index (χ3n) is 1.89. The summed E-state index contributed by atoms with van der Waals surface area (Å²) in [5, 5.41) is 0.604. The van der Waals surface area contributed by atoms with Crippen LogP contribution in [0.1, 0.15) is 5.56 Å². The van der Waals surface area contributed by atoms with Crippen molar-refractivity contribution in [2.75, 3.05) is 0 Å². The second kappa shape index (κ2) is 3.73. The zero-order chi connectivity index (χ0) is 11.1. The Labute approximate surface area is 101 Å². The summed E-state index contributed by atoms with van der Waals surface area (Å²) in [4.78, 5) is 3.85. The summed E-state index contributed by atoms with van der Waals surface area (Å²) in [7, 11) is -3.45. The minimum Gasteiger partial charge on any atom is -0.242 e. The minimum atomic E-state index is -3.45. The molecule has 0 aliphatic carbocycles. The molecule has 1 aromatic rings. The largest absolute Gasteiger partial charge is 0.242 e. The van der Waals surface area contributed by atoms with Gasteiger partial charge in [0, 0.05) is 10.6 Å². The fourth-order valence-electron chi connectivity index (χ4n) is 1.16. The number of nitrogens with zero attached hydrogens (tertiary/aromatic N) is 1. The lowest BCUT2D eigenvalue weighted by Gasteiger charge is -2.01. The van der Waals surface area contributed by atoms with Crippen molar-refractivity contribution in [3.8, 4) is 0 Å². The second-order valence-corrected chi connectivity index (χ2v) is 6.53. The highest BCUT2D eigenvalue weighted by Gasteiger charge is 2.28.